The van der Waals surface area contributed by atoms with E-state index in [2.05, 4.69) is 83.3 Å². The highest BCUT2D eigenvalue weighted by Crippen LogP contribution is 2.44. The summed E-state index contributed by atoms with van der Waals surface area (Å²) in [5.74, 6) is -0.00268. The predicted molar refractivity (Wildman–Crippen MR) is 163 cm³/mol. The van der Waals surface area contributed by atoms with E-state index in [1.807, 2.05) is 44.3 Å². The number of carbonyl (C=O) groups excluding carboxylic acids is 1. The van der Waals surface area contributed by atoms with Crippen LogP contribution in [0.4, 0.5) is 11.4 Å². The maximum atomic E-state index is 12.0. The van der Waals surface area contributed by atoms with Crippen LogP contribution in [0.25, 0.3) is 5.69 Å². The lowest BCUT2D eigenvalue weighted by atomic mass is 9.96. The van der Waals surface area contributed by atoms with Crippen LogP contribution in [0.5, 0.6) is 0 Å². The first-order valence-electron chi connectivity index (χ1n) is 13.5. The summed E-state index contributed by atoms with van der Waals surface area (Å²) in [5.41, 5.74) is 9.79. The van der Waals surface area contributed by atoms with E-state index in [1.165, 1.54) is 28.2 Å². The molecule has 4 aromatic rings. The number of hydrogen-bond acceptors (Lipinski definition) is 3. The molecule has 0 bridgehead atoms. The summed E-state index contributed by atoms with van der Waals surface area (Å²) in [5, 5.41) is 7.22. The number of aryl methyl sites for hydroxylation is 3. The number of nitrogens with zero attached hydrogens (tertiary/aromatic N) is 3. The molecule has 1 saturated heterocycles. The molecule has 2 atom stereocenters. The summed E-state index contributed by atoms with van der Waals surface area (Å²) in [6, 6.07) is 22.7. The Morgan fingerprint density at radius 1 is 1.03 bits per heavy atom. The largest absolute Gasteiger partial charge is 0.351 e. The zero-order valence-electron chi connectivity index (χ0n) is 23.2. The Morgan fingerprint density at radius 2 is 1.79 bits per heavy atom. The van der Waals surface area contributed by atoms with Gasteiger partial charge in [-0.1, -0.05) is 38.1 Å². The van der Waals surface area contributed by atoms with Crippen molar-refractivity contribution in [3.05, 3.63) is 107 Å². The van der Waals surface area contributed by atoms with Gasteiger partial charge in [0, 0.05) is 41.1 Å². The molecule has 39 heavy (non-hydrogen) atoms. The summed E-state index contributed by atoms with van der Waals surface area (Å²) in [6.45, 7) is 10.4. The second kappa shape index (κ2) is 11.0. The first-order chi connectivity index (χ1) is 18.8. The number of amides is 1. The maximum Gasteiger partial charge on any atom is 0.224 e. The number of thiocarbonyl (C=S) groups is 1. The Bertz CT molecular complexity index is 1530. The molecule has 6 nitrogen and oxygen atoms in total. The van der Waals surface area contributed by atoms with Crippen molar-refractivity contribution in [2.24, 2.45) is 0 Å². The van der Waals surface area contributed by atoms with Gasteiger partial charge in [-0.05, 0) is 98.6 Å². The topological polar surface area (TPSA) is 62.2 Å². The molecule has 5 rings (SSSR count). The van der Waals surface area contributed by atoms with Gasteiger partial charge in [0.1, 0.15) is 0 Å². The number of benzene rings is 2. The molecule has 1 aliphatic heterocycles. The first kappa shape index (κ1) is 26.6. The molecule has 0 unspecified atom stereocenters. The minimum Gasteiger partial charge on any atom is -0.351 e. The third-order valence-electron chi connectivity index (χ3n) is 7.58. The minimum absolute atomic E-state index is 0.00268. The molecular weight excluding hydrogens is 502 g/mol. The minimum atomic E-state index is -0.131. The van der Waals surface area contributed by atoms with Crippen molar-refractivity contribution >= 4 is 34.6 Å². The van der Waals surface area contributed by atoms with Crippen LogP contribution in [0.2, 0.25) is 0 Å². The van der Waals surface area contributed by atoms with Crippen molar-refractivity contribution in [3.8, 4) is 5.69 Å². The second-order valence-electron chi connectivity index (χ2n) is 10.0. The van der Waals surface area contributed by atoms with E-state index in [1.54, 1.807) is 0 Å². The molecule has 200 valence electrons. The van der Waals surface area contributed by atoms with Gasteiger partial charge in [0.2, 0.25) is 5.91 Å². The molecule has 2 aromatic heterocycles. The predicted octanol–water partition coefficient (Wildman–Crippen LogP) is 6.89. The van der Waals surface area contributed by atoms with Crippen LogP contribution in [0.3, 0.4) is 0 Å². The highest BCUT2D eigenvalue weighted by molar-refractivity contribution is 7.80. The van der Waals surface area contributed by atoms with E-state index in [0.29, 0.717) is 11.5 Å². The van der Waals surface area contributed by atoms with Gasteiger partial charge in [-0.2, -0.15) is 0 Å². The summed E-state index contributed by atoms with van der Waals surface area (Å²) in [4.78, 5) is 18.9. The van der Waals surface area contributed by atoms with Gasteiger partial charge in [0.05, 0.1) is 17.8 Å². The van der Waals surface area contributed by atoms with Gasteiger partial charge in [-0.25, -0.2) is 0 Å². The fourth-order valence-electron chi connectivity index (χ4n) is 5.61. The summed E-state index contributed by atoms with van der Waals surface area (Å²) in [6.07, 6.45) is 3.22. The smallest absolute Gasteiger partial charge is 0.224 e. The Kier molecular flexibility index (Phi) is 7.53. The Hall–Kier alpha value is -3.97. The van der Waals surface area contributed by atoms with E-state index >= 15 is 0 Å². The summed E-state index contributed by atoms with van der Waals surface area (Å²) < 4.78 is 2.36. The molecule has 2 aromatic carbocycles. The van der Waals surface area contributed by atoms with Gasteiger partial charge in [-0.15, -0.1) is 0 Å². The van der Waals surface area contributed by atoms with E-state index in [-0.39, 0.29) is 18.0 Å². The lowest BCUT2D eigenvalue weighted by molar-refractivity contribution is -0.115. The van der Waals surface area contributed by atoms with Crippen LogP contribution in [0.15, 0.2) is 72.9 Å². The van der Waals surface area contributed by atoms with Crippen molar-refractivity contribution in [3.63, 3.8) is 0 Å². The van der Waals surface area contributed by atoms with E-state index < -0.39 is 0 Å². The third-order valence-corrected chi connectivity index (χ3v) is 7.90. The molecule has 7 heteroatoms. The molecule has 2 N–H and O–H groups in total. The number of anilines is 2. The van der Waals surface area contributed by atoms with Gasteiger partial charge < -0.3 is 20.1 Å². The third kappa shape index (κ3) is 4.94. The molecule has 1 fully saturated rings. The highest BCUT2D eigenvalue weighted by Gasteiger charge is 2.42. The molecule has 0 radical (unpaired) electrons. The van der Waals surface area contributed by atoms with Crippen LogP contribution in [0.1, 0.15) is 66.1 Å². The molecule has 1 aliphatic rings. The normalized spacial score (nSPS) is 16.8. The molecular formula is C32H35N5OS. The van der Waals surface area contributed by atoms with Crippen LogP contribution < -0.4 is 15.5 Å². The zero-order valence-corrected chi connectivity index (χ0v) is 24.0. The summed E-state index contributed by atoms with van der Waals surface area (Å²) >= 11 is 5.97. The van der Waals surface area contributed by atoms with E-state index in [0.717, 1.165) is 29.1 Å². The average Bonchev–Trinajstić information content (AvgIpc) is 3.44. The van der Waals surface area contributed by atoms with Crippen molar-refractivity contribution in [2.45, 2.75) is 59.5 Å². The molecule has 0 spiro atoms. The monoisotopic (exact) mass is 537 g/mol. The van der Waals surface area contributed by atoms with Gasteiger partial charge in [-0.3, -0.25) is 9.78 Å². The van der Waals surface area contributed by atoms with Crippen molar-refractivity contribution in [1.29, 1.82) is 0 Å². The van der Waals surface area contributed by atoms with Gasteiger partial charge >= 0.3 is 0 Å². The van der Waals surface area contributed by atoms with E-state index in [9.17, 15) is 4.79 Å². The number of para-hydroxylation sites is 1. The Balaban J connectivity index is 1.65. The first-order valence-corrected chi connectivity index (χ1v) is 13.9. The lowest BCUT2D eigenvalue weighted by Crippen LogP contribution is -2.29. The number of pyridine rings is 1. The van der Waals surface area contributed by atoms with Crippen molar-refractivity contribution in [1.82, 2.24) is 14.9 Å². The Labute approximate surface area is 236 Å². The number of hydrogen-bond donors (Lipinski definition) is 2. The fraction of sp³-hybridized carbons (Fsp3) is 0.281. The van der Waals surface area contributed by atoms with Crippen molar-refractivity contribution in [2.75, 3.05) is 10.2 Å². The number of nitrogens with one attached hydrogen (secondary N) is 2. The van der Waals surface area contributed by atoms with Crippen LogP contribution in [-0.2, 0) is 11.2 Å². The van der Waals surface area contributed by atoms with E-state index in [4.69, 9.17) is 17.2 Å². The number of carbonyl (C=O) groups is 1. The second-order valence-corrected chi connectivity index (χ2v) is 10.4. The number of aromatic nitrogens is 2. The lowest BCUT2D eigenvalue weighted by Gasteiger charge is -2.29. The van der Waals surface area contributed by atoms with Gasteiger partial charge in [0.15, 0.2) is 5.11 Å². The summed E-state index contributed by atoms with van der Waals surface area (Å²) in [7, 11) is 0. The standard InChI is InChI=1S/C32H35N5OS/c1-6-23-12-8-9-14-28(23)36-21(4)19-25(22(36)5)31-30(27-13-10-11-17-33-27)35-32(39)37(31)24-15-16-26(20(3)18-24)34-29(38)7-2/h8-19,30-31H,6-7H2,1-5H3,(H,34,38)(H,35,39)/t30-,31+/m0/s1. The van der Waals surface area contributed by atoms with Crippen molar-refractivity contribution < 1.29 is 4.79 Å². The maximum absolute atomic E-state index is 12.0. The number of rotatable bonds is 7. The quantitative estimate of drug-likeness (QED) is 0.252. The van der Waals surface area contributed by atoms with Crippen LogP contribution >= 0.6 is 12.2 Å². The van der Waals surface area contributed by atoms with Crippen LogP contribution in [-0.4, -0.2) is 20.6 Å². The molecule has 3 heterocycles. The molecule has 0 aliphatic carbocycles. The van der Waals surface area contributed by atoms with Crippen LogP contribution in [0, 0.1) is 20.8 Å². The van der Waals surface area contributed by atoms with Gasteiger partial charge in [0.25, 0.3) is 0 Å². The fourth-order valence-corrected chi connectivity index (χ4v) is 5.96. The average molecular weight is 538 g/mol. The Morgan fingerprint density at radius 3 is 2.49 bits per heavy atom. The molecule has 1 amide bonds. The highest BCUT2D eigenvalue weighted by atomic mass is 32.1. The SMILES string of the molecule is CCC(=O)Nc1ccc(N2C(=S)N[C@@H](c3ccccn3)[C@H]2c2cc(C)n(-c3ccccc3CC)c2C)cc1C. The molecule has 0 saturated carbocycles. The zero-order chi connectivity index (χ0) is 27.7.